The van der Waals surface area contributed by atoms with Gasteiger partial charge >= 0.3 is 23.1 Å². The molecule has 0 N–H and O–H groups in total. The minimum atomic E-state index is 0. The van der Waals surface area contributed by atoms with Gasteiger partial charge in [-0.2, -0.15) is 0 Å². The van der Waals surface area contributed by atoms with Crippen molar-refractivity contribution in [3.63, 3.8) is 0 Å². The van der Waals surface area contributed by atoms with E-state index in [1.54, 1.807) is 0 Å². The monoisotopic (exact) mass is 198 g/mol. The van der Waals surface area contributed by atoms with Gasteiger partial charge in [-0.3, -0.25) is 0 Å². The maximum Gasteiger partial charge on any atom is 0.316 e. The van der Waals surface area contributed by atoms with Gasteiger partial charge in [0.05, 0.1) is 0 Å². The molecule has 2 radical (unpaired) electrons. The predicted octanol–water partition coefficient (Wildman–Crippen LogP) is -0.924. The quantitative estimate of drug-likeness (QED) is 0.442. The summed E-state index contributed by atoms with van der Waals surface area (Å²) in [5.74, 6) is 0. The van der Waals surface area contributed by atoms with Gasteiger partial charge in [-0.15, -0.1) is 0 Å². The predicted molar refractivity (Wildman–Crippen MR) is 8.54 cm³/mol. The summed E-state index contributed by atoms with van der Waals surface area (Å²) in [6.45, 7) is 0. The van der Waals surface area contributed by atoms with Gasteiger partial charge in [-0.25, -0.2) is 0 Å². The normalized spacial score (nSPS) is 0. The van der Waals surface area contributed by atoms with Crippen LogP contribution in [0.15, 0.2) is 0 Å². The molecule has 0 aliphatic rings. The van der Waals surface area contributed by atoms with Gasteiger partial charge < -0.3 is 0 Å². The molecule has 0 rings (SSSR count). The van der Waals surface area contributed by atoms with Crippen molar-refractivity contribution in [3.8, 4) is 0 Å². The van der Waals surface area contributed by atoms with E-state index in [0.717, 1.165) is 0 Å². The van der Waals surface area contributed by atoms with E-state index in [0.29, 0.717) is 0 Å². The largest absolute Gasteiger partial charge is 0.316 e. The van der Waals surface area contributed by atoms with Crippen molar-refractivity contribution < 1.29 is 50.3 Å². The summed E-state index contributed by atoms with van der Waals surface area (Å²) in [4.78, 5) is 0. The van der Waals surface area contributed by atoms with Crippen LogP contribution < -0.4 is 0 Å². The SMILES string of the molecule is [Co].[MgH2].[Mn].[Ni]. The van der Waals surface area contributed by atoms with Crippen molar-refractivity contribution in [2.45, 2.75) is 0 Å². The van der Waals surface area contributed by atoms with Crippen LogP contribution in [0.1, 0.15) is 0 Å². The molecular weight excluding hydrogens is 197 g/mol. The Morgan fingerprint density at radius 3 is 1.00 bits per heavy atom. The molecule has 0 aliphatic carbocycles. The summed E-state index contributed by atoms with van der Waals surface area (Å²) < 4.78 is 0. The van der Waals surface area contributed by atoms with Crippen LogP contribution in [0.3, 0.4) is 0 Å². The first-order chi connectivity index (χ1) is 0. The maximum absolute atomic E-state index is 0. The molecule has 0 spiro atoms. The van der Waals surface area contributed by atoms with Gasteiger partial charge in [0, 0.05) is 50.3 Å². The Hall–Kier alpha value is 2.29. The Balaban J connectivity index is 0. The third-order valence-electron chi connectivity index (χ3n) is 0. The summed E-state index contributed by atoms with van der Waals surface area (Å²) >= 11 is 0. The van der Waals surface area contributed by atoms with E-state index in [-0.39, 0.29) is 73.4 Å². The van der Waals surface area contributed by atoms with Crippen LogP contribution >= 0.6 is 0 Å². The van der Waals surface area contributed by atoms with Crippen molar-refractivity contribution >= 4 is 23.1 Å². The number of rotatable bonds is 0. The van der Waals surface area contributed by atoms with Crippen molar-refractivity contribution in [2.24, 2.45) is 0 Å². The molecular formula is H2CoMgMnNi. The molecule has 0 fully saturated rings. The van der Waals surface area contributed by atoms with Crippen LogP contribution in [0.25, 0.3) is 0 Å². The second-order valence-corrected chi connectivity index (χ2v) is 0. The summed E-state index contributed by atoms with van der Waals surface area (Å²) in [6.07, 6.45) is 0. The first-order valence-electron chi connectivity index (χ1n) is 0. The molecule has 0 nitrogen and oxygen atoms in total. The zero-order valence-electron chi connectivity index (χ0n) is 1.03. The Morgan fingerprint density at radius 1 is 1.00 bits per heavy atom. The molecule has 0 heterocycles. The van der Waals surface area contributed by atoms with Crippen molar-refractivity contribution in [1.29, 1.82) is 0 Å². The zero-order valence-corrected chi connectivity index (χ0v) is 4.24. The Morgan fingerprint density at radius 2 is 1.00 bits per heavy atom. The van der Waals surface area contributed by atoms with Crippen molar-refractivity contribution in [3.05, 3.63) is 0 Å². The molecule has 0 amide bonds. The molecule has 30 valence electrons. The van der Waals surface area contributed by atoms with Gasteiger partial charge in [0.25, 0.3) is 0 Å². The second-order valence-electron chi connectivity index (χ2n) is 0. The molecule has 0 saturated carbocycles. The van der Waals surface area contributed by atoms with E-state index in [1.807, 2.05) is 0 Å². The molecule has 0 aromatic heterocycles. The van der Waals surface area contributed by atoms with E-state index in [4.69, 9.17) is 0 Å². The average Bonchev–Trinajstić information content (AvgIpc) is 0. The Bertz CT molecular complexity index is 8.00. The van der Waals surface area contributed by atoms with Gasteiger partial charge in [-0.05, 0) is 0 Å². The Labute approximate surface area is 72.6 Å². The zero-order chi connectivity index (χ0) is 0. The summed E-state index contributed by atoms with van der Waals surface area (Å²) in [7, 11) is 0. The molecule has 4 heavy (non-hydrogen) atoms. The summed E-state index contributed by atoms with van der Waals surface area (Å²) in [5, 5.41) is 0. The van der Waals surface area contributed by atoms with E-state index < -0.39 is 0 Å². The van der Waals surface area contributed by atoms with Crippen LogP contribution in [0.2, 0.25) is 0 Å². The fraction of sp³-hybridized carbons (Fsp3) is 0. The van der Waals surface area contributed by atoms with Gasteiger partial charge in [-0.1, -0.05) is 0 Å². The van der Waals surface area contributed by atoms with Gasteiger partial charge in [0.1, 0.15) is 0 Å². The van der Waals surface area contributed by atoms with E-state index >= 15 is 0 Å². The number of hydrogen-bond acceptors (Lipinski definition) is 0. The van der Waals surface area contributed by atoms with Crippen LogP contribution in [-0.2, 0) is 50.3 Å². The van der Waals surface area contributed by atoms with E-state index in [2.05, 4.69) is 0 Å². The van der Waals surface area contributed by atoms with Gasteiger partial charge in [0.2, 0.25) is 0 Å². The topological polar surface area (TPSA) is 0 Å². The fourth-order valence-electron chi connectivity index (χ4n) is 0. The van der Waals surface area contributed by atoms with Crippen molar-refractivity contribution in [1.82, 2.24) is 0 Å². The minimum Gasteiger partial charge on any atom is 0 e. The molecule has 0 bridgehead atoms. The average molecular weight is 199 g/mol. The van der Waals surface area contributed by atoms with Gasteiger partial charge in [0.15, 0.2) is 0 Å². The van der Waals surface area contributed by atoms with Crippen LogP contribution in [-0.4, -0.2) is 23.1 Å². The molecule has 0 aliphatic heterocycles. The van der Waals surface area contributed by atoms with E-state index in [9.17, 15) is 0 Å². The van der Waals surface area contributed by atoms with Crippen LogP contribution in [0, 0.1) is 0 Å². The first-order valence-corrected chi connectivity index (χ1v) is 0. The first kappa shape index (κ1) is 33.6. The molecule has 0 aromatic rings. The molecule has 4 heteroatoms. The summed E-state index contributed by atoms with van der Waals surface area (Å²) in [5.41, 5.74) is 0. The summed E-state index contributed by atoms with van der Waals surface area (Å²) in [6, 6.07) is 0. The fourth-order valence-corrected chi connectivity index (χ4v) is 0. The van der Waals surface area contributed by atoms with Crippen LogP contribution in [0.5, 0.6) is 0 Å². The third-order valence-corrected chi connectivity index (χ3v) is 0. The number of hydrogen-bond donors (Lipinski definition) is 0. The second kappa shape index (κ2) is 18.6. The van der Waals surface area contributed by atoms with Crippen molar-refractivity contribution in [2.75, 3.05) is 0 Å². The van der Waals surface area contributed by atoms with E-state index in [1.165, 1.54) is 0 Å². The molecule has 0 saturated heterocycles. The maximum atomic E-state index is 0. The standard InChI is InChI=1S/Co.Mg.Mn.Ni.2H. The molecule has 0 unspecified atom stereocenters. The third kappa shape index (κ3) is 8.86. The smallest absolute Gasteiger partial charge is 0 e. The molecule has 0 atom stereocenters. The molecule has 0 aromatic carbocycles. The minimum absolute atomic E-state index is 0. The Kier molecular flexibility index (Phi) is 156. The van der Waals surface area contributed by atoms with Crippen LogP contribution in [0.4, 0.5) is 0 Å².